The number of ether oxygens (including phenoxy) is 2. The van der Waals surface area contributed by atoms with Crippen molar-refractivity contribution in [2.24, 2.45) is 11.3 Å². The topological polar surface area (TPSA) is 186 Å². The average molecular weight is 632 g/mol. The predicted molar refractivity (Wildman–Crippen MR) is 161 cm³/mol. The third-order valence-electron chi connectivity index (χ3n) is 9.39. The molecule has 0 spiro atoms. The van der Waals surface area contributed by atoms with Crippen LogP contribution in [0.3, 0.4) is 0 Å². The molecule has 13 nitrogen and oxygen atoms in total. The van der Waals surface area contributed by atoms with Crippen molar-refractivity contribution in [1.82, 2.24) is 15.1 Å². The van der Waals surface area contributed by atoms with E-state index in [1.807, 2.05) is 30.3 Å². The molecule has 3 amide bonds. The number of hydrogen-bond donors (Lipinski definition) is 5. The summed E-state index contributed by atoms with van der Waals surface area (Å²) < 4.78 is 11.2. The molecule has 0 saturated carbocycles. The number of ketones is 1. The number of hydrogen-bond acceptors (Lipinski definition) is 10. The summed E-state index contributed by atoms with van der Waals surface area (Å²) in [5.74, 6) is -0.412. The molecule has 0 radical (unpaired) electrons. The predicted octanol–water partition coefficient (Wildman–Crippen LogP) is -0.213. The van der Waals surface area contributed by atoms with Gasteiger partial charge in [0.25, 0.3) is 0 Å². The second-order valence-electron chi connectivity index (χ2n) is 12.1. The van der Waals surface area contributed by atoms with E-state index in [9.17, 15) is 39.6 Å². The molecule has 8 atom stereocenters. The first-order valence-corrected chi connectivity index (χ1v) is 15.5. The molecule has 3 aliphatic heterocycles. The first kappa shape index (κ1) is 34.7. The molecular formula is C32H45N3O10. The maximum absolute atomic E-state index is 14.6. The first-order valence-electron chi connectivity index (χ1n) is 15.5. The second kappa shape index (κ2) is 15.9. The van der Waals surface area contributed by atoms with E-state index in [0.717, 1.165) is 11.8 Å². The van der Waals surface area contributed by atoms with Crippen LogP contribution >= 0.6 is 0 Å². The van der Waals surface area contributed by atoms with Crippen molar-refractivity contribution in [2.45, 2.75) is 81.4 Å². The molecular weight excluding hydrogens is 586 g/mol. The zero-order valence-corrected chi connectivity index (χ0v) is 25.4. The molecule has 248 valence electrons. The number of nitrogens with zero attached hydrogens (tertiary/aromatic N) is 2. The number of nitrogens with one attached hydrogen (secondary N) is 1. The summed E-state index contributed by atoms with van der Waals surface area (Å²) in [6.45, 7) is 4.23. The van der Waals surface area contributed by atoms with E-state index >= 15 is 0 Å². The molecule has 1 unspecified atom stereocenters. The second-order valence-corrected chi connectivity index (χ2v) is 12.1. The highest BCUT2D eigenvalue weighted by molar-refractivity contribution is 5.95. The van der Waals surface area contributed by atoms with Crippen LogP contribution in [-0.2, 0) is 30.3 Å². The average Bonchev–Trinajstić information content (AvgIpc) is 3.50. The molecule has 1 aromatic rings. The van der Waals surface area contributed by atoms with Gasteiger partial charge in [-0.1, -0.05) is 36.4 Å². The molecule has 4 rings (SSSR count). The van der Waals surface area contributed by atoms with E-state index in [2.05, 4.69) is 11.9 Å². The lowest BCUT2D eigenvalue weighted by Gasteiger charge is -2.41. The zero-order valence-electron chi connectivity index (χ0n) is 25.4. The summed E-state index contributed by atoms with van der Waals surface area (Å²) in [5.41, 5.74) is -0.109. The summed E-state index contributed by atoms with van der Waals surface area (Å²) in [6, 6.07) is 8.27. The molecule has 3 heterocycles. The van der Waals surface area contributed by atoms with Crippen molar-refractivity contribution in [3.63, 3.8) is 0 Å². The Labute approximate surface area is 262 Å². The number of aliphatic hydroxyl groups is 4. The summed E-state index contributed by atoms with van der Waals surface area (Å²) >= 11 is 0. The fraction of sp³-hybridized carbons (Fsp3) is 0.625. The maximum atomic E-state index is 14.6. The van der Waals surface area contributed by atoms with Gasteiger partial charge in [0.1, 0.15) is 30.7 Å². The lowest BCUT2D eigenvalue weighted by molar-refractivity contribution is -0.299. The van der Waals surface area contributed by atoms with Crippen LogP contribution in [0.25, 0.3) is 0 Å². The van der Waals surface area contributed by atoms with Crippen LogP contribution < -0.4 is 5.32 Å². The molecule has 3 aliphatic rings. The number of aldehydes is 1. The van der Waals surface area contributed by atoms with Gasteiger partial charge in [0.15, 0.2) is 12.1 Å². The third-order valence-corrected chi connectivity index (χ3v) is 9.39. The Balaban J connectivity index is 1.62. The number of carbonyl (C=O) groups excluding carboxylic acids is 4. The van der Waals surface area contributed by atoms with Crippen LogP contribution in [0.2, 0.25) is 0 Å². The van der Waals surface area contributed by atoms with Crippen molar-refractivity contribution in [2.75, 3.05) is 32.8 Å². The SMILES string of the molecule is C=CC(CCNC=O)(CCc1ccccc1)C(=O)[C@H]1C[C@H](O[C@@H]2[C@@H](O)[C@H](O)O[C@@H](CO)[C@H]2O)CN1C(=O)N1CCC(C=O)CC1. The quantitative estimate of drug-likeness (QED) is 0.105. The van der Waals surface area contributed by atoms with Crippen LogP contribution in [0.4, 0.5) is 4.79 Å². The number of piperidine rings is 1. The number of urea groups is 1. The van der Waals surface area contributed by atoms with E-state index in [1.54, 1.807) is 11.0 Å². The van der Waals surface area contributed by atoms with Crippen molar-refractivity contribution in [3.8, 4) is 0 Å². The van der Waals surface area contributed by atoms with Gasteiger partial charge in [-0.05, 0) is 37.7 Å². The minimum absolute atomic E-state index is 0.0358. The molecule has 0 aromatic heterocycles. The Morgan fingerprint density at radius 1 is 1.09 bits per heavy atom. The number of amides is 3. The van der Waals surface area contributed by atoms with E-state index in [1.165, 1.54) is 4.90 Å². The van der Waals surface area contributed by atoms with Crippen LogP contribution in [0.1, 0.15) is 37.7 Å². The Morgan fingerprint density at radius 3 is 2.42 bits per heavy atom. The highest BCUT2D eigenvalue weighted by Crippen LogP contribution is 2.38. The van der Waals surface area contributed by atoms with Crippen molar-refractivity contribution < 1.29 is 49.1 Å². The monoisotopic (exact) mass is 631 g/mol. The number of aliphatic hydroxyl groups excluding tert-OH is 4. The Bertz CT molecular complexity index is 1160. The molecule has 45 heavy (non-hydrogen) atoms. The van der Waals surface area contributed by atoms with Crippen molar-refractivity contribution in [1.29, 1.82) is 0 Å². The van der Waals surface area contributed by atoms with Crippen LogP contribution in [0, 0.1) is 11.3 Å². The standard InChI is InChI=1S/C32H45N3O10/c1-2-32(12-13-33-20-38,11-8-21-6-4-3-5-7-21)29(41)24-16-23(44-28-26(39)25(19-37)45-30(42)27(28)40)17-35(24)31(43)34-14-9-22(18-36)10-15-34/h2-7,18,20,22-28,30,37,39-40,42H,1,8-17,19H2,(H,33,38)/t23-,24+,25-,26+,27+,28-,30+,32?/m0/s1. The molecule has 5 N–H and O–H groups in total. The molecule has 0 bridgehead atoms. The van der Waals surface area contributed by atoms with E-state index < -0.39 is 60.9 Å². The number of likely N-dealkylation sites (tertiary alicyclic amines) is 2. The molecule has 3 fully saturated rings. The Hall–Kier alpha value is -3.20. The lowest BCUT2D eigenvalue weighted by atomic mass is 9.72. The molecule has 13 heteroatoms. The third kappa shape index (κ3) is 7.97. The minimum Gasteiger partial charge on any atom is -0.394 e. The van der Waals surface area contributed by atoms with Gasteiger partial charge in [0.05, 0.1) is 24.2 Å². The van der Waals surface area contributed by atoms with E-state index in [4.69, 9.17) is 9.47 Å². The summed E-state index contributed by atoms with van der Waals surface area (Å²) in [5, 5.41) is 43.7. The van der Waals surface area contributed by atoms with Gasteiger partial charge in [-0.15, -0.1) is 6.58 Å². The van der Waals surface area contributed by atoms with Gasteiger partial charge in [0, 0.05) is 38.5 Å². The normalized spacial score (nSPS) is 30.4. The van der Waals surface area contributed by atoms with Gasteiger partial charge < -0.3 is 49.8 Å². The van der Waals surface area contributed by atoms with Crippen molar-refractivity contribution in [3.05, 3.63) is 48.6 Å². The lowest BCUT2D eigenvalue weighted by Crippen LogP contribution is -2.60. The Morgan fingerprint density at radius 2 is 1.80 bits per heavy atom. The fourth-order valence-corrected chi connectivity index (χ4v) is 6.59. The van der Waals surface area contributed by atoms with E-state index in [-0.39, 0.29) is 37.6 Å². The number of allylic oxidation sites excluding steroid dienone is 1. The van der Waals surface area contributed by atoms with Gasteiger partial charge in [0.2, 0.25) is 6.41 Å². The number of rotatable bonds is 14. The molecule has 3 saturated heterocycles. The van der Waals surface area contributed by atoms with Gasteiger partial charge in [-0.25, -0.2) is 4.79 Å². The number of aryl methyl sites for hydroxylation is 1. The summed E-state index contributed by atoms with van der Waals surface area (Å²) in [7, 11) is 0. The maximum Gasteiger partial charge on any atom is 0.320 e. The van der Waals surface area contributed by atoms with E-state index in [0.29, 0.717) is 45.2 Å². The molecule has 1 aromatic carbocycles. The number of carbonyl (C=O) groups is 4. The van der Waals surface area contributed by atoms with Crippen LogP contribution in [0.5, 0.6) is 0 Å². The number of benzene rings is 1. The summed E-state index contributed by atoms with van der Waals surface area (Å²) in [6.07, 6.45) is -2.97. The van der Waals surface area contributed by atoms with Gasteiger partial charge >= 0.3 is 6.03 Å². The minimum atomic E-state index is -1.72. The van der Waals surface area contributed by atoms with Crippen molar-refractivity contribution >= 4 is 24.5 Å². The zero-order chi connectivity index (χ0) is 32.6. The van der Waals surface area contributed by atoms with Gasteiger partial charge in [-0.3, -0.25) is 9.59 Å². The largest absolute Gasteiger partial charge is 0.394 e. The molecule has 0 aliphatic carbocycles. The summed E-state index contributed by atoms with van der Waals surface area (Å²) in [4.78, 5) is 54.1. The van der Waals surface area contributed by atoms with Gasteiger partial charge in [-0.2, -0.15) is 0 Å². The number of Topliss-reactive ketones (excluding diaryl/α,β-unsaturated/α-hetero) is 1. The fourth-order valence-electron chi connectivity index (χ4n) is 6.59. The Kier molecular flexibility index (Phi) is 12.2. The van der Waals surface area contributed by atoms with Crippen LogP contribution in [0.15, 0.2) is 43.0 Å². The highest BCUT2D eigenvalue weighted by Gasteiger charge is 2.51. The first-order chi connectivity index (χ1) is 21.7. The van der Waals surface area contributed by atoms with Crippen LogP contribution in [-0.4, -0.2) is 130 Å². The highest BCUT2D eigenvalue weighted by atomic mass is 16.6. The smallest absolute Gasteiger partial charge is 0.320 e.